The van der Waals surface area contributed by atoms with Crippen molar-refractivity contribution in [1.29, 1.82) is 0 Å². The number of carbonyl (C=O) groups is 1. The molecule has 0 radical (unpaired) electrons. The quantitative estimate of drug-likeness (QED) is 0.396. The summed E-state index contributed by atoms with van der Waals surface area (Å²) in [6.45, 7) is 2.53. The molecule has 1 aliphatic rings. The number of thiophene rings is 1. The van der Waals surface area contributed by atoms with E-state index in [-0.39, 0.29) is 11.7 Å². The molecule has 0 aliphatic carbocycles. The van der Waals surface area contributed by atoms with Gasteiger partial charge < -0.3 is 4.90 Å². The lowest BCUT2D eigenvalue weighted by atomic mass is 10.1. The standard InChI is InChI=1S/C26H25N3O3S2/c1-18-14-23(28(2)27-18)24-10-11-26(33-24)34(31,32)17-20-8-9-21-12-13-29(22(21)15-20)25(30)16-19-6-4-3-5-7-19/h3-11,14-15H,12-13,16-17H2,1-2H3. The van der Waals surface area contributed by atoms with Crippen LogP contribution in [0.5, 0.6) is 0 Å². The minimum Gasteiger partial charge on any atom is -0.312 e. The Kier molecular flexibility index (Phi) is 5.87. The van der Waals surface area contributed by atoms with E-state index in [1.54, 1.807) is 15.6 Å². The van der Waals surface area contributed by atoms with Gasteiger partial charge >= 0.3 is 0 Å². The molecule has 1 aliphatic heterocycles. The first-order valence-corrected chi connectivity index (χ1v) is 13.6. The first-order chi connectivity index (χ1) is 16.3. The fourth-order valence-electron chi connectivity index (χ4n) is 4.40. The zero-order valence-corrected chi connectivity index (χ0v) is 20.7. The van der Waals surface area contributed by atoms with Crippen LogP contribution < -0.4 is 4.90 Å². The maximum absolute atomic E-state index is 13.2. The SMILES string of the molecule is Cc1cc(-c2ccc(S(=O)(=O)Cc3ccc4c(c3)N(C(=O)Cc3ccccc3)CC4)s2)n(C)n1. The summed E-state index contributed by atoms with van der Waals surface area (Å²) >= 11 is 1.26. The Labute approximate surface area is 203 Å². The van der Waals surface area contributed by atoms with Crippen molar-refractivity contribution in [2.45, 2.75) is 29.7 Å². The van der Waals surface area contributed by atoms with E-state index in [1.165, 1.54) is 11.3 Å². The van der Waals surface area contributed by atoms with Gasteiger partial charge in [0.2, 0.25) is 5.91 Å². The summed E-state index contributed by atoms with van der Waals surface area (Å²) in [6, 6.07) is 20.8. The number of amides is 1. The lowest BCUT2D eigenvalue weighted by Crippen LogP contribution is -2.30. The minimum absolute atomic E-state index is 0.0272. The Bertz CT molecular complexity index is 1470. The van der Waals surface area contributed by atoms with Gasteiger partial charge in [0.15, 0.2) is 9.84 Å². The predicted molar refractivity (Wildman–Crippen MR) is 135 cm³/mol. The summed E-state index contributed by atoms with van der Waals surface area (Å²) in [5.74, 6) is -0.0786. The van der Waals surface area contributed by atoms with Crippen LogP contribution in [0.4, 0.5) is 5.69 Å². The molecule has 0 unspecified atom stereocenters. The average molecular weight is 492 g/mol. The number of carbonyl (C=O) groups excluding carboxylic acids is 1. The van der Waals surface area contributed by atoms with Gasteiger partial charge in [-0.1, -0.05) is 42.5 Å². The van der Waals surface area contributed by atoms with Crippen molar-refractivity contribution in [2.24, 2.45) is 7.05 Å². The molecule has 174 valence electrons. The third-order valence-corrected chi connectivity index (χ3v) is 9.42. The van der Waals surface area contributed by atoms with Crippen LogP contribution >= 0.6 is 11.3 Å². The van der Waals surface area contributed by atoms with E-state index >= 15 is 0 Å². The van der Waals surface area contributed by atoms with E-state index in [1.807, 2.05) is 74.6 Å². The van der Waals surface area contributed by atoms with Crippen LogP contribution in [-0.4, -0.2) is 30.7 Å². The van der Waals surface area contributed by atoms with E-state index < -0.39 is 9.84 Å². The van der Waals surface area contributed by atoms with Crippen molar-refractivity contribution in [1.82, 2.24) is 9.78 Å². The van der Waals surface area contributed by atoms with Crippen LogP contribution in [-0.2, 0) is 40.3 Å². The second-order valence-corrected chi connectivity index (χ2v) is 11.9. The van der Waals surface area contributed by atoms with E-state index in [9.17, 15) is 13.2 Å². The van der Waals surface area contributed by atoms with Crippen LogP contribution in [0, 0.1) is 6.92 Å². The molecule has 2 aromatic heterocycles. The topological polar surface area (TPSA) is 72.3 Å². The first-order valence-electron chi connectivity index (χ1n) is 11.1. The average Bonchev–Trinajstić information content (AvgIpc) is 3.52. The normalized spacial score (nSPS) is 13.3. The third-order valence-electron chi connectivity index (χ3n) is 6.04. The fraction of sp³-hybridized carbons (Fsp3) is 0.231. The van der Waals surface area contributed by atoms with Gasteiger partial charge in [-0.05, 0) is 54.3 Å². The molecule has 0 bridgehead atoms. The first kappa shape index (κ1) is 22.6. The van der Waals surface area contributed by atoms with Gasteiger partial charge in [0.1, 0.15) is 4.21 Å². The molecule has 1 amide bonds. The van der Waals surface area contributed by atoms with Crippen molar-refractivity contribution in [3.8, 4) is 10.6 Å². The second kappa shape index (κ2) is 8.85. The summed E-state index contributed by atoms with van der Waals surface area (Å²) in [7, 11) is -1.67. The number of nitrogens with zero attached hydrogens (tertiary/aromatic N) is 3. The molecule has 0 atom stereocenters. The number of aryl methyl sites for hydroxylation is 2. The number of hydrogen-bond acceptors (Lipinski definition) is 5. The Balaban J connectivity index is 1.36. The van der Waals surface area contributed by atoms with E-state index in [0.717, 1.165) is 39.5 Å². The second-order valence-electron chi connectivity index (χ2n) is 8.59. The van der Waals surface area contributed by atoms with Crippen molar-refractivity contribution in [3.05, 3.63) is 89.1 Å². The van der Waals surface area contributed by atoms with Gasteiger partial charge in [-0.25, -0.2) is 8.42 Å². The summed E-state index contributed by atoms with van der Waals surface area (Å²) in [5.41, 5.74) is 5.34. The highest BCUT2D eigenvalue weighted by atomic mass is 32.2. The summed E-state index contributed by atoms with van der Waals surface area (Å²) < 4.78 is 28.5. The molecule has 0 N–H and O–H groups in total. The van der Waals surface area contributed by atoms with Crippen molar-refractivity contribution in [3.63, 3.8) is 0 Å². The molecular formula is C26H25N3O3S2. The molecule has 5 rings (SSSR count). The van der Waals surface area contributed by atoms with Crippen LogP contribution in [0.2, 0.25) is 0 Å². The number of sulfone groups is 1. The maximum Gasteiger partial charge on any atom is 0.231 e. The molecule has 34 heavy (non-hydrogen) atoms. The molecule has 0 fully saturated rings. The monoisotopic (exact) mass is 491 g/mol. The van der Waals surface area contributed by atoms with Gasteiger partial charge in [-0.2, -0.15) is 5.10 Å². The highest BCUT2D eigenvalue weighted by Crippen LogP contribution is 2.34. The Morgan fingerprint density at radius 3 is 2.56 bits per heavy atom. The summed E-state index contributed by atoms with van der Waals surface area (Å²) in [5, 5.41) is 4.35. The summed E-state index contributed by atoms with van der Waals surface area (Å²) in [4.78, 5) is 15.6. The molecule has 8 heteroatoms. The molecule has 4 aromatic rings. The van der Waals surface area contributed by atoms with Crippen LogP contribution in [0.3, 0.4) is 0 Å². The Morgan fingerprint density at radius 2 is 1.82 bits per heavy atom. The van der Waals surface area contributed by atoms with Gasteiger partial charge in [0, 0.05) is 19.3 Å². The summed E-state index contributed by atoms with van der Waals surface area (Å²) in [6.07, 6.45) is 1.11. The van der Waals surface area contributed by atoms with E-state index in [0.29, 0.717) is 22.7 Å². The van der Waals surface area contributed by atoms with Crippen LogP contribution in [0.1, 0.15) is 22.4 Å². The van der Waals surface area contributed by atoms with E-state index in [4.69, 9.17) is 0 Å². The zero-order valence-electron chi connectivity index (χ0n) is 19.1. The Hall–Kier alpha value is -3.23. The molecule has 2 aromatic carbocycles. The number of hydrogen-bond donors (Lipinski definition) is 0. The Morgan fingerprint density at radius 1 is 1.03 bits per heavy atom. The molecule has 0 spiro atoms. The van der Waals surface area contributed by atoms with Gasteiger partial charge in [0.05, 0.1) is 28.4 Å². The molecule has 0 saturated heterocycles. The van der Waals surface area contributed by atoms with Crippen LogP contribution in [0.15, 0.2) is 70.9 Å². The van der Waals surface area contributed by atoms with Gasteiger partial charge in [-0.15, -0.1) is 11.3 Å². The number of benzene rings is 2. The van der Waals surface area contributed by atoms with Gasteiger partial charge in [0.25, 0.3) is 0 Å². The molecule has 3 heterocycles. The maximum atomic E-state index is 13.2. The largest absolute Gasteiger partial charge is 0.312 e. The number of fused-ring (bicyclic) bond motifs is 1. The fourth-order valence-corrected chi connectivity index (χ4v) is 7.17. The molecule has 0 saturated carbocycles. The molecular weight excluding hydrogens is 466 g/mol. The lowest BCUT2D eigenvalue weighted by molar-refractivity contribution is -0.117. The third kappa shape index (κ3) is 4.43. The number of anilines is 1. The van der Waals surface area contributed by atoms with Crippen molar-refractivity contribution < 1.29 is 13.2 Å². The lowest BCUT2D eigenvalue weighted by Gasteiger charge is -2.18. The predicted octanol–water partition coefficient (Wildman–Crippen LogP) is 4.56. The van der Waals surface area contributed by atoms with Gasteiger partial charge in [-0.3, -0.25) is 9.48 Å². The van der Waals surface area contributed by atoms with E-state index in [2.05, 4.69) is 5.10 Å². The smallest absolute Gasteiger partial charge is 0.231 e. The number of aromatic nitrogens is 2. The number of rotatable bonds is 6. The highest BCUT2D eigenvalue weighted by Gasteiger charge is 2.26. The zero-order chi connectivity index (χ0) is 23.9. The highest BCUT2D eigenvalue weighted by molar-refractivity contribution is 7.92. The van der Waals surface area contributed by atoms with Crippen molar-refractivity contribution >= 4 is 32.8 Å². The van der Waals surface area contributed by atoms with Crippen molar-refractivity contribution in [2.75, 3.05) is 11.4 Å². The minimum atomic E-state index is -3.52. The van der Waals surface area contributed by atoms with Crippen LogP contribution in [0.25, 0.3) is 10.6 Å². The molecule has 6 nitrogen and oxygen atoms in total.